The lowest BCUT2D eigenvalue weighted by Crippen LogP contribution is -2.33. The van der Waals surface area contributed by atoms with E-state index in [9.17, 15) is 22.8 Å². The Morgan fingerprint density at radius 1 is 1.15 bits per heavy atom. The summed E-state index contributed by atoms with van der Waals surface area (Å²) >= 11 is 0. The zero-order chi connectivity index (χ0) is 18.7. The van der Waals surface area contributed by atoms with Gasteiger partial charge in [-0.1, -0.05) is 6.07 Å². The van der Waals surface area contributed by atoms with Crippen LogP contribution in [0, 0.1) is 0 Å². The smallest absolute Gasteiger partial charge is 0.354 e. The second-order valence-corrected chi connectivity index (χ2v) is 5.53. The molecule has 10 heteroatoms. The fourth-order valence-electron chi connectivity index (χ4n) is 2.41. The van der Waals surface area contributed by atoms with Gasteiger partial charge >= 0.3 is 6.18 Å². The summed E-state index contributed by atoms with van der Waals surface area (Å²) in [5.41, 5.74) is -0.999. The summed E-state index contributed by atoms with van der Waals surface area (Å²) < 4.78 is 40.6. The molecule has 0 unspecified atom stereocenters. The van der Waals surface area contributed by atoms with Crippen LogP contribution in [0.5, 0.6) is 0 Å². The van der Waals surface area contributed by atoms with Gasteiger partial charge in [0.2, 0.25) is 5.91 Å². The van der Waals surface area contributed by atoms with E-state index in [1.54, 1.807) is 16.7 Å². The van der Waals surface area contributed by atoms with E-state index >= 15 is 0 Å². The van der Waals surface area contributed by atoms with Crippen molar-refractivity contribution in [2.45, 2.75) is 19.1 Å². The largest absolute Gasteiger partial charge is 0.417 e. The molecular formula is C16H14F3N5O2. The molecule has 0 spiro atoms. The average Bonchev–Trinajstić information content (AvgIpc) is 2.99. The second-order valence-electron chi connectivity index (χ2n) is 5.53. The minimum atomic E-state index is -4.58. The molecule has 0 radical (unpaired) electrons. The summed E-state index contributed by atoms with van der Waals surface area (Å²) in [6.07, 6.45) is -1.78. The molecule has 26 heavy (non-hydrogen) atoms. The van der Waals surface area contributed by atoms with Crippen LogP contribution in [0.15, 0.2) is 47.5 Å². The van der Waals surface area contributed by atoms with E-state index in [-0.39, 0.29) is 6.54 Å². The first-order valence-corrected chi connectivity index (χ1v) is 7.67. The quantitative estimate of drug-likeness (QED) is 0.738. The van der Waals surface area contributed by atoms with E-state index in [0.717, 1.165) is 10.6 Å². The van der Waals surface area contributed by atoms with Crippen molar-refractivity contribution in [1.29, 1.82) is 0 Å². The highest BCUT2D eigenvalue weighted by molar-refractivity contribution is 5.75. The van der Waals surface area contributed by atoms with Crippen molar-refractivity contribution in [1.82, 2.24) is 24.5 Å². The highest BCUT2D eigenvalue weighted by Gasteiger charge is 2.31. The van der Waals surface area contributed by atoms with Gasteiger partial charge in [-0.25, -0.2) is 0 Å². The normalized spacial score (nSPS) is 11.7. The number of nitrogens with one attached hydrogen (secondary N) is 1. The molecule has 0 saturated heterocycles. The van der Waals surface area contributed by atoms with Crippen molar-refractivity contribution >= 4 is 11.6 Å². The molecule has 0 saturated carbocycles. The monoisotopic (exact) mass is 365 g/mol. The standard InChI is InChI=1S/C16H14F3N5O2/c17-16(18,19)11-4-5-15(26)23(9-11)10-14(25)20-7-6-13-22-21-12-3-1-2-8-24(12)13/h1-5,8-9H,6-7,10H2,(H,20,25). The maximum absolute atomic E-state index is 12.7. The molecule has 0 bridgehead atoms. The SMILES string of the molecule is O=C(Cn1cc(C(F)(F)F)ccc1=O)NCCc1nnc2ccccn12. The maximum atomic E-state index is 12.7. The van der Waals surface area contributed by atoms with Crippen molar-refractivity contribution in [2.24, 2.45) is 0 Å². The number of carbonyl (C=O) groups is 1. The van der Waals surface area contributed by atoms with Crippen molar-refractivity contribution in [3.8, 4) is 0 Å². The molecular weight excluding hydrogens is 351 g/mol. The molecule has 1 N–H and O–H groups in total. The molecule has 3 aromatic rings. The zero-order valence-corrected chi connectivity index (χ0v) is 13.4. The number of alkyl halides is 3. The Balaban J connectivity index is 1.60. The van der Waals surface area contributed by atoms with E-state index in [1.807, 2.05) is 12.1 Å². The summed E-state index contributed by atoms with van der Waals surface area (Å²) in [5.74, 6) is 0.0670. The molecule has 0 aliphatic carbocycles. The van der Waals surface area contributed by atoms with Crippen molar-refractivity contribution < 1.29 is 18.0 Å². The Hall–Kier alpha value is -3.17. The third kappa shape index (κ3) is 3.90. The van der Waals surface area contributed by atoms with Crippen LogP contribution in [0.25, 0.3) is 5.65 Å². The summed E-state index contributed by atoms with van der Waals surface area (Å²) in [7, 11) is 0. The van der Waals surface area contributed by atoms with Gasteiger partial charge in [-0.3, -0.25) is 14.0 Å². The van der Waals surface area contributed by atoms with Gasteiger partial charge in [-0.05, 0) is 18.2 Å². The molecule has 7 nitrogen and oxygen atoms in total. The Bertz CT molecular complexity index is 993. The van der Waals surface area contributed by atoms with Crippen LogP contribution < -0.4 is 10.9 Å². The lowest BCUT2D eigenvalue weighted by Gasteiger charge is -2.10. The van der Waals surface area contributed by atoms with E-state index in [1.165, 1.54) is 0 Å². The number of nitrogens with zero attached hydrogens (tertiary/aromatic N) is 4. The Kier molecular flexibility index (Phi) is 4.74. The van der Waals surface area contributed by atoms with Gasteiger partial charge in [0, 0.05) is 31.4 Å². The molecule has 0 aromatic carbocycles. The van der Waals surface area contributed by atoms with Crippen LogP contribution >= 0.6 is 0 Å². The van der Waals surface area contributed by atoms with Crippen molar-refractivity contribution in [3.05, 3.63) is 64.5 Å². The second kappa shape index (κ2) is 6.98. The first-order valence-electron chi connectivity index (χ1n) is 7.67. The average molecular weight is 365 g/mol. The highest BCUT2D eigenvalue weighted by atomic mass is 19.4. The molecule has 136 valence electrons. The number of pyridine rings is 2. The molecule has 1 amide bonds. The number of fused-ring (bicyclic) bond motifs is 1. The maximum Gasteiger partial charge on any atom is 0.417 e. The van der Waals surface area contributed by atoms with Gasteiger partial charge in [0.1, 0.15) is 12.4 Å². The van der Waals surface area contributed by atoms with Crippen LogP contribution in [0.1, 0.15) is 11.4 Å². The number of halogens is 3. The van der Waals surface area contributed by atoms with Crippen LogP contribution in [0.4, 0.5) is 13.2 Å². The van der Waals surface area contributed by atoms with Crippen LogP contribution in [-0.4, -0.2) is 31.6 Å². The summed E-state index contributed by atoms with van der Waals surface area (Å²) in [6, 6.07) is 6.90. The number of amides is 1. The Labute approximate surface area is 145 Å². The molecule has 3 rings (SSSR count). The molecule has 0 aliphatic rings. The first-order chi connectivity index (χ1) is 12.3. The minimum Gasteiger partial charge on any atom is -0.354 e. The number of hydrogen-bond acceptors (Lipinski definition) is 4. The fraction of sp³-hybridized carbons (Fsp3) is 0.250. The zero-order valence-electron chi connectivity index (χ0n) is 13.4. The predicted molar refractivity (Wildman–Crippen MR) is 85.4 cm³/mol. The highest BCUT2D eigenvalue weighted by Crippen LogP contribution is 2.27. The van der Waals surface area contributed by atoms with Crippen LogP contribution in [-0.2, 0) is 23.9 Å². The lowest BCUT2D eigenvalue weighted by molar-refractivity contribution is -0.138. The van der Waals surface area contributed by atoms with Crippen molar-refractivity contribution in [2.75, 3.05) is 6.54 Å². The molecule has 3 aromatic heterocycles. The predicted octanol–water partition coefficient (Wildman–Crippen LogP) is 1.27. The number of carbonyl (C=O) groups excluding carboxylic acids is 1. The minimum absolute atomic E-state index is 0.211. The number of aromatic nitrogens is 4. The summed E-state index contributed by atoms with van der Waals surface area (Å²) in [5, 5.41) is 10.5. The van der Waals surface area contributed by atoms with Gasteiger partial charge in [0.05, 0.1) is 5.56 Å². The van der Waals surface area contributed by atoms with E-state index in [4.69, 9.17) is 0 Å². The Morgan fingerprint density at radius 3 is 2.73 bits per heavy atom. The van der Waals surface area contributed by atoms with Gasteiger partial charge in [-0.2, -0.15) is 13.2 Å². The van der Waals surface area contributed by atoms with Crippen LogP contribution in [0.2, 0.25) is 0 Å². The number of rotatable bonds is 5. The summed E-state index contributed by atoms with van der Waals surface area (Å²) in [6.45, 7) is -0.286. The third-order valence-corrected chi connectivity index (χ3v) is 3.68. The lowest BCUT2D eigenvalue weighted by atomic mass is 10.2. The van der Waals surface area contributed by atoms with Gasteiger partial charge in [-0.15, -0.1) is 10.2 Å². The number of hydrogen-bond donors (Lipinski definition) is 1. The van der Waals surface area contributed by atoms with Gasteiger partial charge < -0.3 is 9.88 Å². The van der Waals surface area contributed by atoms with Gasteiger partial charge in [0.25, 0.3) is 5.56 Å². The fourth-order valence-corrected chi connectivity index (χ4v) is 2.41. The van der Waals surface area contributed by atoms with E-state index < -0.39 is 29.8 Å². The molecule has 0 atom stereocenters. The van der Waals surface area contributed by atoms with E-state index in [2.05, 4.69) is 15.5 Å². The van der Waals surface area contributed by atoms with Crippen LogP contribution in [0.3, 0.4) is 0 Å². The Morgan fingerprint density at radius 2 is 1.96 bits per heavy atom. The third-order valence-electron chi connectivity index (χ3n) is 3.68. The van der Waals surface area contributed by atoms with Crippen molar-refractivity contribution in [3.63, 3.8) is 0 Å². The first kappa shape index (κ1) is 17.6. The van der Waals surface area contributed by atoms with Gasteiger partial charge in [0.15, 0.2) is 5.65 Å². The molecule has 0 fully saturated rings. The molecule has 0 aliphatic heterocycles. The summed E-state index contributed by atoms with van der Waals surface area (Å²) in [4.78, 5) is 23.6. The topological polar surface area (TPSA) is 81.3 Å². The molecule has 3 heterocycles. The van der Waals surface area contributed by atoms with E-state index in [0.29, 0.717) is 30.2 Å².